The fraction of sp³-hybridized carbons (Fsp3) is 0.278. The highest BCUT2D eigenvalue weighted by Crippen LogP contribution is 2.24. The van der Waals surface area contributed by atoms with Gasteiger partial charge >= 0.3 is 0 Å². The number of hydrogen-bond donors (Lipinski definition) is 1. The van der Waals surface area contributed by atoms with E-state index >= 15 is 0 Å². The average Bonchev–Trinajstić information content (AvgIpc) is 2.90. The zero-order valence-electron chi connectivity index (χ0n) is 14.4. The summed E-state index contributed by atoms with van der Waals surface area (Å²) < 4.78 is 28.8. The number of benzene rings is 1. The molecule has 1 amide bonds. The van der Waals surface area contributed by atoms with Gasteiger partial charge in [-0.15, -0.1) is 0 Å². The molecule has 130 valence electrons. The first kappa shape index (κ1) is 17.0. The normalized spacial score (nSPS) is 11.8. The molecule has 0 aliphatic rings. The fourth-order valence-electron chi connectivity index (χ4n) is 2.85. The minimum Gasteiger partial charge on any atom is -0.343 e. The molecule has 5 nitrogen and oxygen atoms in total. The minimum atomic E-state index is -1.04. The van der Waals surface area contributed by atoms with Crippen molar-refractivity contribution < 1.29 is 13.6 Å². The standard InChI is InChI=1S/C18H18F2N4O/c1-10-7-11(2)24-16(22-10)13(9-21-24)17(25)23-18(3,4)14-6-5-12(19)8-15(14)20/h5-9H,1-4H3,(H,23,25). The molecule has 1 aromatic carbocycles. The van der Waals surface area contributed by atoms with Gasteiger partial charge in [0, 0.05) is 23.0 Å². The van der Waals surface area contributed by atoms with E-state index in [9.17, 15) is 13.6 Å². The summed E-state index contributed by atoms with van der Waals surface area (Å²) in [4.78, 5) is 17.1. The van der Waals surface area contributed by atoms with Gasteiger partial charge in [0.05, 0.1) is 11.7 Å². The highest BCUT2D eigenvalue weighted by Gasteiger charge is 2.28. The van der Waals surface area contributed by atoms with Crippen LogP contribution in [0, 0.1) is 25.5 Å². The zero-order valence-corrected chi connectivity index (χ0v) is 14.4. The summed E-state index contributed by atoms with van der Waals surface area (Å²) in [7, 11) is 0. The number of halogens is 2. The van der Waals surface area contributed by atoms with Gasteiger partial charge in [-0.2, -0.15) is 5.10 Å². The summed E-state index contributed by atoms with van der Waals surface area (Å²) in [5, 5.41) is 6.95. The molecule has 2 heterocycles. The fourth-order valence-corrected chi connectivity index (χ4v) is 2.85. The number of rotatable bonds is 3. The van der Waals surface area contributed by atoms with Gasteiger partial charge in [-0.25, -0.2) is 18.3 Å². The molecule has 3 aromatic rings. The topological polar surface area (TPSA) is 59.3 Å². The lowest BCUT2D eigenvalue weighted by Gasteiger charge is -2.27. The van der Waals surface area contributed by atoms with Gasteiger partial charge in [-0.1, -0.05) is 6.07 Å². The highest BCUT2D eigenvalue weighted by molar-refractivity contribution is 6.00. The van der Waals surface area contributed by atoms with Crippen LogP contribution < -0.4 is 5.32 Å². The van der Waals surface area contributed by atoms with Gasteiger partial charge in [0.2, 0.25) is 0 Å². The second-order valence-corrected chi connectivity index (χ2v) is 6.54. The summed E-state index contributed by atoms with van der Waals surface area (Å²) in [6.45, 7) is 7.00. The van der Waals surface area contributed by atoms with Crippen molar-refractivity contribution in [2.24, 2.45) is 0 Å². The second-order valence-electron chi connectivity index (χ2n) is 6.54. The average molecular weight is 344 g/mol. The van der Waals surface area contributed by atoms with E-state index in [0.29, 0.717) is 11.2 Å². The Bertz CT molecular complexity index is 979. The number of carbonyl (C=O) groups excluding carboxylic acids is 1. The van der Waals surface area contributed by atoms with E-state index in [-0.39, 0.29) is 5.56 Å². The molecule has 0 fully saturated rings. The predicted octanol–water partition coefficient (Wildman–Crippen LogP) is 3.29. The molecule has 0 atom stereocenters. The smallest absolute Gasteiger partial charge is 0.257 e. The van der Waals surface area contributed by atoms with Crippen molar-refractivity contribution in [3.63, 3.8) is 0 Å². The Morgan fingerprint density at radius 2 is 1.92 bits per heavy atom. The van der Waals surface area contributed by atoms with Crippen molar-refractivity contribution in [3.8, 4) is 0 Å². The van der Waals surface area contributed by atoms with E-state index in [1.807, 2.05) is 19.9 Å². The summed E-state index contributed by atoms with van der Waals surface area (Å²) in [6, 6.07) is 5.15. The van der Waals surface area contributed by atoms with Crippen molar-refractivity contribution in [1.82, 2.24) is 19.9 Å². The molecule has 0 saturated carbocycles. The Hall–Kier alpha value is -2.83. The first-order chi connectivity index (χ1) is 11.7. The molecule has 0 unspecified atom stereocenters. The molecule has 0 spiro atoms. The summed E-state index contributed by atoms with van der Waals surface area (Å²) in [6.07, 6.45) is 1.43. The second kappa shape index (κ2) is 5.91. The third-order valence-corrected chi connectivity index (χ3v) is 4.05. The van der Waals surface area contributed by atoms with Crippen LogP contribution in [0.15, 0.2) is 30.5 Å². The maximum Gasteiger partial charge on any atom is 0.257 e. The van der Waals surface area contributed by atoms with Crippen LogP contribution in [0.2, 0.25) is 0 Å². The summed E-state index contributed by atoms with van der Waals surface area (Å²) in [5.74, 6) is -1.81. The molecule has 25 heavy (non-hydrogen) atoms. The third-order valence-electron chi connectivity index (χ3n) is 4.05. The Labute approximate surface area is 143 Å². The molecule has 0 saturated heterocycles. The first-order valence-corrected chi connectivity index (χ1v) is 7.79. The molecule has 2 aromatic heterocycles. The van der Waals surface area contributed by atoms with Gasteiger partial charge in [0.15, 0.2) is 5.65 Å². The van der Waals surface area contributed by atoms with Crippen LogP contribution in [0.5, 0.6) is 0 Å². The lowest BCUT2D eigenvalue weighted by Crippen LogP contribution is -2.41. The molecule has 7 heteroatoms. The van der Waals surface area contributed by atoms with Gasteiger partial charge in [-0.3, -0.25) is 4.79 Å². The largest absolute Gasteiger partial charge is 0.343 e. The Morgan fingerprint density at radius 3 is 2.60 bits per heavy atom. The number of hydrogen-bond acceptors (Lipinski definition) is 3. The minimum absolute atomic E-state index is 0.194. The Kier molecular flexibility index (Phi) is 4.02. The van der Waals surface area contributed by atoms with Crippen molar-refractivity contribution in [3.05, 3.63) is 64.6 Å². The highest BCUT2D eigenvalue weighted by atomic mass is 19.1. The van der Waals surface area contributed by atoms with Crippen LogP contribution in [0.25, 0.3) is 5.65 Å². The van der Waals surface area contributed by atoms with Crippen molar-refractivity contribution in [2.75, 3.05) is 0 Å². The van der Waals surface area contributed by atoms with Crippen molar-refractivity contribution in [1.29, 1.82) is 0 Å². The van der Waals surface area contributed by atoms with Crippen LogP contribution in [-0.4, -0.2) is 20.5 Å². The number of carbonyl (C=O) groups is 1. The zero-order chi connectivity index (χ0) is 18.4. The van der Waals surface area contributed by atoms with E-state index in [0.717, 1.165) is 23.5 Å². The maximum absolute atomic E-state index is 14.1. The quantitative estimate of drug-likeness (QED) is 0.793. The maximum atomic E-state index is 14.1. The molecule has 3 rings (SSSR count). The number of amides is 1. The van der Waals surface area contributed by atoms with Gasteiger partial charge < -0.3 is 5.32 Å². The third kappa shape index (κ3) is 3.09. The van der Waals surface area contributed by atoms with E-state index in [1.165, 1.54) is 12.3 Å². The number of aromatic nitrogens is 3. The predicted molar refractivity (Wildman–Crippen MR) is 89.3 cm³/mol. The van der Waals surface area contributed by atoms with E-state index in [1.54, 1.807) is 18.4 Å². The van der Waals surface area contributed by atoms with Crippen LogP contribution in [0.1, 0.15) is 41.2 Å². The molecule has 1 N–H and O–H groups in total. The van der Waals surface area contributed by atoms with Crippen LogP contribution >= 0.6 is 0 Å². The van der Waals surface area contributed by atoms with Crippen molar-refractivity contribution in [2.45, 2.75) is 33.2 Å². The number of nitrogens with zero attached hydrogens (tertiary/aromatic N) is 3. The van der Waals surface area contributed by atoms with Crippen molar-refractivity contribution >= 4 is 11.6 Å². The number of nitrogens with one attached hydrogen (secondary N) is 1. The molecule has 0 aliphatic heterocycles. The lowest BCUT2D eigenvalue weighted by atomic mass is 9.93. The van der Waals surface area contributed by atoms with Gasteiger partial charge in [0.1, 0.15) is 17.2 Å². The first-order valence-electron chi connectivity index (χ1n) is 7.79. The molecule has 0 aliphatic carbocycles. The lowest BCUT2D eigenvalue weighted by molar-refractivity contribution is 0.0912. The Balaban J connectivity index is 1.96. The molecular weight excluding hydrogens is 326 g/mol. The van der Waals surface area contributed by atoms with Gasteiger partial charge in [0.25, 0.3) is 5.91 Å². The molecule has 0 radical (unpaired) electrons. The Morgan fingerprint density at radius 1 is 1.20 bits per heavy atom. The number of fused-ring (bicyclic) bond motifs is 1. The summed E-state index contributed by atoms with van der Waals surface area (Å²) >= 11 is 0. The molecule has 0 bridgehead atoms. The van der Waals surface area contributed by atoms with E-state index < -0.39 is 23.1 Å². The molecular formula is C18H18F2N4O. The van der Waals surface area contributed by atoms with Crippen LogP contribution in [0.3, 0.4) is 0 Å². The monoisotopic (exact) mass is 344 g/mol. The number of aryl methyl sites for hydroxylation is 2. The van der Waals surface area contributed by atoms with Crippen LogP contribution in [-0.2, 0) is 5.54 Å². The SMILES string of the molecule is Cc1cc(C)n2ncc(C(=O)NC(C)(C)c3ccc(F)cc3F)c2n1. The summed E-state index contributed by atoms with van der Waals surface area (Å²) in [5.41, 5.74) is 1.50. The van der Waals surface area contributed by atoms with E-state index in [2.05, 4.69) is 15.4 Å². The van der Waals surface area contributed by atoms with Gasteiger partial charge in [-0.05, 0) is 39.8 Å². The van der Waals surface area contributed by atoms with E-state index in [4.69, 9.17) is 0 Å². The van der Waals surface area contributed by atoms with Crippen LogP contribution in [0.4, 0.5) is 8.78 Å².